The molecule has 84 valence electrons. The van der Waals surface area contributed by atoms with Gasteiger partial charge in [-0.3, -0.25) is 0 Å². The molecule has 0 radical (unpaired) electrons. The number of H-pyrrole nitrogens is 1. The molecule has 0 aliphatic carbocycles. The molecule has 5 heteroatoms. The lowest BCUT2D eigenvalue weighted by Crippen LogP contribution is -2.04. The maximum Gasteiger partial charge on any atom is 0.181 e. The van der Waals surface area contributed by atoms with Crippen molar-refractivity contribution in [2.75, 3.05) is 0 Å². The van der Waals surface area contributed by atoms with E-state index < -0.39 is 0 Å². The predicted octanol–water partition coefficient (Wildman–Crippen LogP) is 2.98. The third-order valence-corrected chi connectivity index (χ3v) is 2.91. The summed E-state index contributed by atoms with van der Waals surface area (Å²) in [7, 11) is 0. The molecule has 4 nitrogen and oxygen atoms in total. The highest BCUT2D eigenvalue weighted by atomic mass is 35.5. The Labute approximate surface area is 98.8 Å². The van der Waals surface area contributed by atoms with Crippen molar-refractivity contribution in [1.29, 1.82) is 0 Å². The summed E-state index contributed by atoms with van der Waals surface area (Å²) in [6.07, 6.45) is 4.94. The number of rotatable bonds is 1. The molecule has 2 aromatic heterocycles. The van der Waals surface area contributed by atoms with Crippen LogP contribution in [-0.2, 0) is 0 Å². The average Bonchev–Trinajstić information content (AvgIpc) is 2.65. The van der Waals surface area contributed by atoms with Crippen molar-refractivity contribution in [3.8, 4) is 0 Å². The summed E-state index contributed by atoms with van der Waals surface area (Å²) in [5, 5.41) is 0.752. The molecule has 0 aromatic carbocycles. The third kappa shape index (κ3) is 2.07. The van der Waals surface area contributed by atoms with Crippen molar-refractivity contribution in [3.05, 3.63) is 23.4 Å². The Hall–Kier alpha value is -1.42. The molecule has 0 fully saturated rings. The summed E-state index contributed by atoms with van der Waals surface area (Å²) in [4.78, 5) is 15.3. The van der Waals surface area contributed by atoms with Gasteiger partial charge < -0.3 is 4.98 Å². The van der Waals surface area contributed by atoms with Crippen molar-refractivity contribution in [1.82, 2.24) is 19.9 Å². The molecule has 0 saturated carbocycles. The van der Waals surface area contributed by atoms with Gasteiger partial charge >= 0.3 is 0 Å². The highest BCUT2D eigenvalue weighted by molar-refractivity contribution is 6.32. The molecule has 0 aliphatic heterocycles. The second kappa shape index (κ2) is 3.87. The fraction of sp³-hybridized carbons (Fsp3) is 0.364. The van der Waals surface area contributed by atoms with Gasteiger partial charge in [0.05, 0.1) is 12.0 Å². The number of aromatic amines is 1. The van der Waals surface area contributed by atoms with Crippen LogP contribution in [0.3, 0.4) is 0 Å². The first-order chi connectivity index (χ1) is 7.48. The number of imidazole rings is 1. The number of hydrogen-bond acceptors (Lipinski definition) is 3. The minimum Gasteiger partial charge on any atom is -0.341 e. The van der Waals surface area contributed by atoms with Crippen LogP contribution >= 0.6 is 11.6 Å². The highest BCUT2D eigenvalue weighted by Crippen LogP contribution is 2.30. The van der Waals surface area contributed by atoms with Crippen molar-refractivity contribution in [2.45, 2.75) is 20.8 Å². The van der Waals surface area contributed by atoms with Gasteiger partial charge in [0.15, 0.2) is 5.65 Å². The number of hydrogen-bond donors (Lipinski definition) is 1. The molecule has 2 rings (SSSR count). The lowest BCUT2D eigenvalue weighted by atomic mass is 9.95. The zero-order valence-electron chi connectivity index (χ0n) is 9.45. The number of halogens is 1. The largest absolute Gasteiger partial charge is 0.341 e. The number of aromatic nitrogens is 4. The molecule has 0 spiro atoms. The summed E-state index contributed by atoms with van der Waals surface area (Å²) < 4.78 is 0. The average molecular weight is 237 g/mol. The first-order valence-electron chi connectivity index (χ1n) is 5.00. The zero-order chi connectivity index (χ0) is 11.8. The lowest BCUT2D eigenvalue weighted by Gasteiger charge is -2.16. The van der Waals surface area contributed by atoms with Crippen LogP contribution in [0.1, 0.15) is 26.5 Å². The van der Waals surface area contributed by atoms with Gasteiger partial charge in [-0.25, -0.2) is 15.0 Å². The van der Waals surface area contributed by atoms with Gasteiger partial charge in [0.2, 0.25) is 0 Å². The van der Waals surface area contributed by atoms with Gasteiger partial charge in [-0.15, -0.1) is 0 Å². The fourth-order valence-electron chi connectivity index (χ4n) is 1.23. The predicted molar refractivity (Wildman–Crippen MR) is 65.0 cm³/mol. The normalized spacial score (nSPS) is 13.4. The molecule has 0 saturated heterocycles. The first kappa shape index (κ1) is 11.1. The lowest BCUT2D eigenvalue weighted by molar-refractivity contribution is 0.534. The summed E-state index contributed by atoms with van der Waals surface area (Å²) in [6.45, 7) is 6.16. The van der Waals surface area contributed by atoms with Gasteiger partial charge in [0.1, 0.15) is 11.8 Å². The van der Waals surface area contributed by atoms with Crippen LogP contribution in [0, 0.1) is 5.41 Å². The molecule has 16 heavy (non-hydrogen) atoms. The standard InChI is InChI=1S/C11H13ClN4/c1-11(2,3)8(12)4-7-9-10(15-5-13-7)16-6-14-9/h4-6H,1-3H3,(H,13,14,15,16)/b8-4-. The quantitative estimate of drug-likeness (QED) is 0.828. The SMILES string of the molecule is CC(C)(C)/C(Cl)=C/c1ncnc2nc[nH]c12. The summed E-state index contributed by atoms with van der Waals surface area (Å²) in [5.74, 6) is 0. The maximum atomic E-state index is 6.23. The van der Waals surface area contributed by atoms with Gasteiger partial charge in [-0.05, 0) is 11.5 Å². The molecule has 0 bridgehead atoms. The van der Waals surface area contributed by atoms with Gasteiger partial charge in [0.25, 0.3) is 0 Å². The van der Waals surface area contributed by atoms with Crippen molar-refractivity contribution < 1.29 is 0 Å². The number of allylic oxidation sites excluding steroid dienone is 1. The number of nitrogens with zero attached hydrogens (tertiary/aromatic N) is 3. The third-order valence-electron chi connectivity index (χ3n) is 2.23. The molecule has 2 aromatic rings. The van der Waals surface area contributed by atoms with Crippen LogP contribution in [-0.4, -0.2) is 19.9 Å². The van der Waals surface area contributed by atoms with E-state index in [4.69, 9.17) is 11.6 Å². The van der Waals surface area contributed by atoms with E-state index >= 15 is 0 Å². The number of nitrogens with one attached hydrogen (secondary N) is 1. The fourth-order valence-corrected chi connectivity index (χ4v) is 1.33. The van der Waals surface area contributed by atoms with Crippen LogP contribution in [0.5, 0.6) is 0 Å². The van der Waals surface area contributed by atoms with Crippen molar-refractivity contribution >= 4 is 28.8 Å². The molecule has 1 N–H and O–H groups in total. The molecular weight excluding hydrogens is 224 g/mol. The van der Waals surface area contributed by atoms with Crippen LogP contribution in [0.15, 0.2) is 17.7 Å². The number of fused-ring (bicyclic) bond motifs is 1. The molecule has 2 heterocycles. The molecule has 0 aliphatic rings. The van der Waals surface area contributed by atoms with Crippen LogP contribution in [0.2, 0.25) is 0 Å². The monoisotopic (exact) mass is 236 g/mol. The minimum absolute atomic E-state index is 0.0845. The van der Waals surface area contributed by atoms with E-state index in [0.717, 1.165) is 16.2 Å². The molecular formula is C11H13ClN4. The Bertz CT molecular complexity index is 536. The molecule has 0 amide bonds. The second-order valence-corrected chi connectivity index (χ2v) is 5.01. The van der Waals surface area contributed by atoms with E-state index in [1.165, 1.54) is 6.33 Å². The van der Waals surface area contributed by atoms with Crippen LogP contribution in [0.4, 0.5) is 0 Å². The Morgan fingerprint density at radius 1 is 1.31 bits per heavy atom. The molecule has 0 unspecified atom stereocenters. The summed E-state index contributed by atoms with van der Waals surface area (Å²) >= 11 is 6.23. The van der Waals surface area contributed by atoms with Gasteiger partial charge in [0, 0.05) is 5.03 Å². The van der Waals surface area contributed by atoms with E-state index in [0.29, 0.717) is 5.65 Å². The van der Waals surface area contributed by atoms with E-state index in [2.05, 4.69) is 40.7 Å². The molecule has 0 atom stereocenters. The Morgan fingerprint density at radius 2 is 2.06 bits per heavy atom. The van der Waals surface area contributed by atoms with E-state index in [1.807, 2.05) is 6.08 Å². The van der Waals surface area contributed by atoms with Gasteiger partial charge in [-0.2, -0.15) is 0 Å². The van der Waals surface area contributed by atoms with Crippen molar-refractivity contribution in [2.24, 2.45) is 5.41 Å². The highest BCUT2D eigenvalue weighted by Gasteiger charge is 2.15. The summed E-state index contributed by atoms with van der Waals surface area (Å²) in [6, 6.07) is 0. The maximum absolute atomic E-state index is 6.23. The Kier molecular flexibility index (Phi) is 2.68. The smallest absolute Gasteiger partial charge is 0.181 e. The van der Waals surface area contributed by atoms with Crippen LogP contribution < -0.4 is 0 Å². The topological polar surface area (TPSA) is 54.5 Å². The van der Waals surface area contributed by atoms with E-state index in [-0.39, 0.29) is 5.41 Å². The van der Waals surface area contributed by atoms with Crippen molar-refractivity contribution in [3.63, 3.8) is 0 Å². The van der Waals surface area contributed by atoms with E-state index in [1.54, 1.807) is 6.33 Å². The zero-order valence-corrected chi connectivity index (χ0v) is 10.2. The summed E-state index contributed by atoms with van der Waals surface area (Å²) in [5.41, 5.74) is 2.14. The first-order valence-corrected chi connectivity index (χ1v) is 5.38. The Morgan fingerprint density at radius 3 is 2.75 bits per heavy atom. The Balaban J connectivity index is 2.52. The van der Waals surface area contributed by atoms with Crippen LogP contribution in [0.25, 0.3) is 17.2 Å². The minimum atomic E-state index is -0.0845. The van der Waals surface area contributed by atoms with E-state index in [9.17, 15) is 0 Å². The second-order valence-electron chi connectivity index (χ2n) is 4.60. The van der Waals surface area contributed by atoms with Gasteiger partial charge in [-0.1, -0.05) is 32.4 Å².